The maximum Gasteiger partial charge on any atom is 0.239 e. The Labute approximate surface area is 112 Å². The lowest BCUT2D eigenvalue weighted by Crippen LogP contribution is -2.31. The number of hydrogen-bond donors (Lipinski definition) is 2. The molecule has 0 heterocycles. The van der Waals surface area contributed by atoms with E-state index in [2.05, 4.69) is 10.6 Å². The number of methoxy groups -OCH3 is 1. The lowest BCUT2D eigenvalue weighted by Gasteiger charge is -2.08. The second kappa shape index (κ2) is 8.83. The number of amides is 1. The molecule has 4 nitrogen and oxygen atoms in total. The molecule has 0 bridgehead atoms. The number of anilines is 1. The highest BCUT2D eigenvalue weighted by molar-refractivity contribution is 7.98. The Morgan fingerprint density at radius 3 is 3.00 bits per heavy atom. The number of rotatable bonds is 8. The Hall–Kier alpha value is -1.20. The summed E-state index contributed by atoms with van der Waals surface area (Å²) in [6.45, 7) is 1.62. The molecule has 0 aromatic heterocycles. The monoisotopic (exact) mass is 268 g/mol. The van der Waals surface area contributed by atoms with Crippen LogP contribution in [0.15, 0.2) is 29.2 Å². The minimum absolute atomic E-state index is 0.000609. The van der Waals surface area contributed by atoms with Crippen molar-refractivity contribution in [1.82, 2.24) is 5.32 Å². The van der Waals surface area contributed by atoms with Crippen molar-refractivity contribution in [2.75, 3.05) is 38.4 Å². The quantitative estimate of drug-likeness (QED) is 0.559. The van der Waals surface area contributed by atoms with E-state index in [9.17, 15) is 4.79 Å². The van der Waals surface area contributed by atoms with Crippen molar-refractivity contribution in [3.63, 3.8) is 0 Å². The van der Waals surface area contributed by atoms with Gasteiger partial charge in [0.2, 0.25) is 5.91 Å². The topological polar surface area (TPSA) is 50.4 Å². The van der Waals surface area contributed by atoms with Crippen molar-refractivity contribution in [3.8, 4) is 0 Å². The fourth-order valence-corrected chi connectivity index (χ4v) is 1.88. The van der Waals surface area contributed by atoms with Crippen molar-refractivity contribution in [2.45, 2.75) is 11.3 Å². The molecule has 2 N–H and O–H groups in total. The summed E-state index contributed by atoms with van der Waals surface area (Å²) in [5, 5.41) is 5.93. The zero-order valence-corrected chi connectivity index (χ0v) is 11.7. The predicted molar refractivity (Wildman–Crippen MR) is 76.2 cm³/mol. The number of carbonyl (C=O) groups excluding carboxylic acids is 1. The number of thioether (sulfide) groups is 1. The van der Waals surface area contributed by atoms with Gasteiger partial charge in [-0.05, 0) is 30.9 Å². The molecule has 0 saturated carbocycles. The van der Waals surface area contributed by atoms with Gasteiger partial charge in [0, 0.05) is 30.8 Å². The first-order chi connectivity index (χ1) is 8.76. The number of carbonyl (C=O) groups is 1. The Morgan fingerprint density at radius 1 is 1.44 bits per heavy atom. The molecule has 0 saturated heterocycles. The molecule has 0 fully saturated rings. The van der Waals surface area contributed by atoms with Crippen LogP contribution in [-0.4, -0.2) is 39.0 Å². The second-order valence-electron chi connectivity index (χ2n) is 3.78. The third kappa shape index (κ3) is 5.93. The van der Waals surface area contributed by atoms with Crippen LogP contribution in [-0.2, 0) is 9.53 Å². The van der Waals surface area contributed by atoms with Crippen molar-refractivity contribution in [2.24, 2.45) is 0 Å². The van der Waals surface area contributed by atoms with Gasteiger partial charge in [0.25, 0.3) is 0 Å². The third-order valence-electron chi connectivity index (χ3n) is 2.37. The molecule has 0 atom stereocenters. The minimum atomic E-state index is 0.000609. The third-order valence-corrected chi connectivity index (χ3v) is 3.10. The molecule has 0 aliphatic rings. The molecule has 100 valence electrons. The average Bonchev–Trinajstić information content (AvgIpc) is 2.41. The van der Waals surface area contributed by atoms with Crippen LogP contribution in [0.5, 0.6) is 0 Å². The van der Waals surface area contributed by atoms with Crippen LogP contribution in [0.2, 0.25) is 0 Å². The van der Waals surface area contributed by atoms with Crippen LogP contribution >= 0.6 is 11.8 Å². The molecule has 1 rings (SSSR count). The van der Waals surface area contributed by atoms with Gasteiger partial charge in [-0.15, -0.1) is 11.8 Å². The highest BCUT2D eigenvalue weighted by Crippen LogP contribution is 2.18. The molecule has 0 unspecified atom stereocenters. The van der Waals surface area contributed by atoms with Crippen molar-refractivity contribution >= 4 is 23.4 Å². The lowest BCUT2D eigenvalue weighted by molar-refractivity contribution is -0.119. The van der Waals surface area contributed by atoms with Crippen LogP contribution in [0.1, 0.15) is 6.42 Å². The number of nitrogens with one attached hydrogen (secondary N) is 2. The second-order valence-corrected chi connectivity index (χ2v) is 4.66. The van der Waals surface area contributed by atoms with Gasteiger partial charge < -0.3 is 15.4 Å². The maximum absolute atomic E-state index is 11.5. The Kier molecular flexibility index (Phi) is 7.29. The summed E-state index contributed by atoms with van der Waals surface area (Å²) in [6, 6.07) is 8.01. The van der Waals surface area contributed by atoms with Crippen LogP contribution in [0, 0.1) is 0 Å². The van der Waals surface area contributed by atoms with E-state index >= 15 is 0 Å². The van der Waals surface area contributed by atoms with Gasteiger partial charge >= 0.3 is 0 Å². The van der Waals surface area contributed by atoms with Crippen molar-refractivity contribution in [3.05, 3.63) is 24.3 Å². The van der Waals surface area contributed by atoms with E-state index in [0.717, 1.165) is 12.1 Å². The molecule has 0 aliphatic carbocycles. The first kappa shape index (κ1) is 14.9. The zero-order valence-electron chi connectivity index (χ0n) is 10.9. The Bertz CT molecular complexity index is 372. The maximum atomic E-state index is 11.5. The summed E-state index contributed by atoms with van der Waals surface area (Å²) >= 11 is 1.68. The lowest BCUT2D eigenvalue weighted by atomic mass is 10.3. The fraction of sp³-hybridized carbons (Fsp3) is 0.462. The number of hydrogen-bond acceptors (Lipinski definition) is 4. The molecule has 1 amide bonds. The van der Waals surface area contributed by atoms with Crippen molar-refractivity contribution in [1.29, 1.82) is 0 Å². The normalized spacial score (nSPS) is 10.1. The summed E-state index contributed by atoms with van der Waals surface area (Å²) < 4.78 is 4.91. The van der Waals surface area contributed by atoms with Crippen LogP contribution in [0.4, 0.5) is 5.69 Å². The summed E-state index contributed by atoms with van der Waals surface area (Å²) in [6.07, 6.45) is 2.87. The van der Waals surface area contributed by atoms with Gasteiger partial charge in [0.15, 0.2) is 0 Å². The largest absolute Gasteiger partial charge is 0.385 e. The molecule has 5 heteroatoms. The van der Waals surface area contributed by atoms with Gasteiger partial charge in [-0.25, -0.2) is 0 Å². The first-order valence-corrected chi connectivity index (χ1v) is 7.12. The average molecular weight is 268 g/mol. The SMILES string of the molecule is COCCCNC(=O)CNc1cccc(SC)c1. The summed E-state index contributed by atoms with van der Waals surface area (Å²) in [5.41, 5.74) is 0.967. The minimum Gasteiger partial charge on any atom is -0.385 e. The summed E-state index contributed by atoms with van der Waals surface area (Å²) in [4.78, 5) is 12.7. The highest BCUT2D eigenvalue weighted by Gasteiger charge is 2.00. The Morgan fingerprint density at radius 2 is 2.28 bits per heavy atom. The highest BCUT2D eigenvalue weighted by atomic mass is 32.2. The summed E-state index contributed by atoms with van der Waals surface area (Å²) in [5.74, 6) is 0.000609. The molecular formula is C13H20N2O2S. The van der Waals surface area contributed by atoms with Gasteiger partial charge in [0.05, 0.1) is 6.54 Å². The molecule has 18 heavy (non-hydrogen) atoms. The van der Waals surface area contributed by atoms with E-state index in [1.165, 1.54) is 4.90 Å². The van der Waals surface area contributed by atoms with E-state index in [-0.39, 0.29) is 5.91 Å². The van der Waals surface area contributed by atoms with E-state index in [0.29, 0.717) is 19.7 Å². The van der Waals surface area contributed by atoms with E-state index in [1.54, 1.807) is 18.9 Å². The van der Waals surface area contributed by atoms with Crippen LogP contribution < -0.4 is 10.6 Å². The standard InChI is InChI=1S/C13H20N2O2S/c1-17-8-4-7-14-13(16)10-15-11-5-3-6-12(9-11)18-2/h3,5-6,9,15H,4,7-8,10H2,1-2H3,(H,14,16). The van der Waals surface area contributed by atoms with Gasteiger partial charge in [-0.1, -0.05) is 6.07 Å². The summed E-state index contributed by atoms with van der Waals surface area (Å²) in [7, 11) is 1.65. The van der Waals surface area contributed by atoms with E-state index in [1.807, 2.05) is 30.5 Å². The van der Waals surface area contributed by atoms with E-state index in [4.69, 9.17) is 4.74 Å². The van der Waals surface area contributed by atoms with Crippen LogP contribution in [0.25, 0.3) is 0 Å². The van der Waals surface area contributed by atoms with Gasteiger partial charge in [-0.3, -0.25) is 4.79 Å². The van der Waals surface area contributed by atoms with Gasteiger partial charge in [-0.2, -0.15) is 0 Å². The fourth-order valence-electron chi connectivity index (χ4n) is 1.42. The smallest absolute Gasteiger partial charge is 0.239 e. The number of benzene rings is 1. The molecule has 0 spiro atoms. The first-order valence-electron chi connectivity index (χ1n) is 5.90. The van der Waals surface area contributed by atoms with Gasteiger partial charge in [0.1, 0.15) is 0 Å². The predicted octanol–water partition coefficient (Wildman–Crippen LogP) is 1.97. The molecule has 0 aliphatic heterocycles. The number of ether oxygens (including phenoxy) is 1. The molecule has 1 aromatic carbocycles. The zero-order chi connectivity index (χ0) is 13.2. The van der Waals surface area contributed by atoms with E-state index < -0.39 is 0 Å². The van der Waals surface area contributed by atoms with Crippen LogP contribution in [0.3, 0.4) is 0 Å². The molecule has 0 radical (unpaired) electrons. The van der Waals surface area contributed by atoms with Crippen molar-refractivity contribution < 1.29 is 9.53 Å². The Balaban J connectivity index is 2.24. The molecule has 1 aromatic rings. The molecular weight excluding hydrogens is 248 g/mol.